The van der Waals surface area contributed by atoms with E-state index in [1.54, 1.807) is 0 Å². The number of nitrogen functional groups attached to an aromatic ring is 2. The van der Waals surface area contributed by atoms with Crippen LogP contribution in [0.25, 0.3) is 0 Å². The van der Waals surface area contributed by atoms with E-state index in [-0.39, 0.29) is 41.1 Å². The maximum atomic E-state index is 12.7. The van der Waals surface area contributed by atoms with Crippen molar-refractivity contribution in [2.75, 3.05) is 24.6 Å². The zero-order valence-corrected chi connectivity index (χ0v) is 21.9. The Kier molecular flexibility index (Phi) is 13.1. The molecule has 0 fully saturated rings. The van der Waals surface area contributed by atoms with E-state index >= 15 is 0 Å². The van der Waals surface area contributed by atoms with E-state index in [0.29, 0.717) is 13.0 Å². The minimum absolute atomic E-state index is 0.0645. The fraction of sp³-hybridized carbons (Fsp3) is 0.696. The molecule has 1 aromatic heterocycles. The standard InChI is InChI=1S/C23H41ClN8O3/c1-23(2,3)35-22(34)29-14-12-10-8-6-4-5-7-9-11-13-15-32(21(27)28)20(33)16-18(25)31-19(26)17(24)30-16/h4-15H2,1-3H3,(H3,27,28)(H,29,34)(H4,25,26,31). The van der Waals surface area contributed by atoms with Gasteiger partial charge in [-0.1, -0.05) is 63.0 Å². The quantitative estimate of drug-likeness (QED) is 0.140. The maximum absolute atomic E-state index is 12.7. The number of anilines is 2. The van der Waals surface area contributed by atoms with Crippen LogP contribution < -0.4 is 22.5 Å². The Morgan fingerprint density at radius 3 is 1.97 bits per heavy atom. The number of amides is 2. The van der Waals surface area contributed by atoms with Crippen molar-refractivity contribution in [3.8, 4) is 0 Å². The zero-order valence-electron chi connectivity index (χ0n) is 21.2. The molecule has 0 unspecified atom stereocenters. The van der Waals surface area contributed by atoms with E-state index in [1.165, 1.54) is 12.8 Å². The number of nitrogens with two attached hydrogens (primary N) is 3. The summed E-state index contributed by atoms with van der Waals surface area (Å²) in [6.45, 7) is 6.47. The van der Waals surface area contributed by atoms with Crippen LogP contribution in [-0.4, -0.2) is 51.5 Å². The summed E-state index contributed by atoms with van der Waals surface area (Å²) < 4.78 is 5.20. The highest BCUT2D eigenvalue weighted by Gasteiger charge is 2.23. The van der Waals surface area contributed by atoms with Crippen LogP contribution in [0.4, 0.5) is 16.4 Å². The SMILES string of the molecule is CC(C)(C)OC(=O)NCCCCCCCCCCCCN(C(=N)N)C(=O)c1nc(Cl)c(N)nc1N. The van der Waals surface area contributed by atoms with Crippen molar-refractivity contribution in [1.82, 2.24) is 20.2 Å². The number of unbranched alkanes of at least 4 members (excludes halogenated alkanes) is 9. The molecule has 11 nitrogen and oxygen atoms in total. The predicted molar refractivity (Wildman–Crippen MR) is 139 cm³/mol. The molecule has 0 aliphatic rings. The normalized spacial score (nSPS) is 11.2. The average molecular weight is 513 g/mol. The van der Waals surface area contributed by atoms with Gasteiger partial charge in [0.15, 0.2) is 28.4 Å². The second-order valence-electron chi connectivity index (χ2n) is 9.44. The molecular formula is C23H41ClN8O3. The molecule has 0 aliphatic carbocycles. The van der Waals surface area contributed by atoms with Gasteiger partial charge < -0.3 is 27.3 Å². The van der Waals surface area contributed by atoms with Crippen molar-refractivity contribution in [3.05, 3.63) is 10.8 Å². The van der Waals surface area contributed by atoms with E-state index in [0.717, 1.165) is 49.8 Å². The van der Waals surface area contributed by atoms with Gasteiger partial charge in [0.25, 0.3) is 5.91 Å². The highest BCUT2D eigenvalue weighted by molar-refractivity contribution is 6.31. The molecule has 0 bridgehead atoms. The molecule has 1 heterocycles. The van der Waals surface area contributed by atoms with E-state index < -0.39 is 11.5 Å². The van der Waals surface area contributed by atoms with Gasteiger partial charge in [-0.3, -0.25) is 15.1 Å². The van der Waals surface area contributed by atoms with Crippen molar-refractivity contribution < 1.29 is 14.3 Å². The zero-order chi connectivity index (χ0) is 26.4. The van der Waals surface area contributed by atoms with Gasteiger partial charge in [0, 0.05) is 13.1 Å². The summed E-state index contributed by atoms with van der Waals surface area (Å²) in [5.74, 6) is -1.22. The molecule has 1 rings (SSSR count). The van der Waals surface area contributed by atoms with Gasteiger partial charge in [0.2, 0.25) is 0 Å². The van der Waals surface area contributed by atoms with Crippen LogP contribution in [-0.2, 0) is 4.74 Å². The Bertz CT molecular complexity index is 845. The molecule has 198 valence electrons. The number of rotatable bonds is 14. The lowest BCUT2D eigenvalue weighted by atomic mass is 10.1. The molecule has 1 aromatic rings. The molecule has 0 spiro atoms. The van der Waals surface area contributed by atoms with E-state index in [4.69, 9.17) is 38.9 Å². The summed E-state index contributed by atoms with van der Waals surface area (Å²) in [4.78, 5) is 33.1. The summed E-state index contributed by atoms with van der Waals surface area (Å²) >= 11 is 5.84. The topological polar surface area (TPSA) is 186 Å². The number of nitrogens with zero attached hydrogens (tertiary/aromatic N) is 3. The van der Waals surface area contributed by atoms with E-state index in [1.807, 2.05) is 20.8 Å². The van der Waals surface area contributed by atoms with Crippen LogP contribution in [0.1, 0.15) is 95.5 Å². The number of carbonyl (C=O) groups is 2. The molecule has 0 aliphatic heterocycles. The summed E-state index contributed by atoms with van der Waals surface area (Å²) in [7, 11) is 0. The first kappa shape index (κ1) is 30.2. The largest absolute Gasteiger partial charge is 0.444 e. The molecule has 0 saturated heterocycles. The first-order valence-electron chi connectivity index (χ1n) is 12.1. The molecule has 0 atom stereocenters. The maximum Gasteiger partial charge on any atom is 0.407 e. The Labute approximate surface area is 213 Å². The van der Waals surface area contributed by atoms with Crippen LogP contribution in [0.2, 0.25) is 5.15 Å². The van der Waals surface area contributed by atoms with Crippen molar-refractivity contribution in [2.45, 2.75) is 90.6 Å². The third-order valence-electron chi connectivity index (χ3n) is 5.12. The van der Waals surface area contributed by atoms with Crippen molar-refractivity contribution in [3.63, 3.8) is 0 Å². The number of guanidine groups is 1. The first-order chi connectivity index (χ1) is 16.4. The van der Waals surface area contributed by atoms with Gasteiger partial charge >= 0.3 is 6.09 Å². The molecule has 0 radical (unpaired) electrons. The monoisotopic (exact) mass is 512 g/mol. The number of hydrogen-bond acceptors (Lipinski definition) is 8. The van der Waals surface area contributed by atoms with Crippen LogP contribution in [0, 0.1) is 5.41 Å². The van der Waals surface area contributed by atoms with Gasteiger partial charge in [-0.05, 0) is 33.6 Å². The van der Waals surface area contributed by atoms with Crippen LogP contribution in [0.3, 0.4) is 0 Å². The van der Waals surface area contributed by atoms with E-state index in [9.17, 15) is 9.59 Å². The first-order valence-corrected chi connectivity index (χ1v) is 12.5. The number of nitrogens with one attached hydrogen (secondary N) is 2. The number of hydrogen-bond donors (Lipinski definition) is 5. The summed E-state index contributed by atoms with van der Waals surface area (Å²) in [6.07, 6.45) is 10.1. The van der Waals surface area contributed by atoms with Crippen LogP contribution in [0.15, 0.2) is 0 Å². The van der Waals surface area contributed by atoms with Crippen molar-refractivity contribution in [2.24, 2.45) is 5.73 Å². The second kappa shape index (κ2) is 15.2. The molecule has 0 aromatic carbocycles. The van der Waals surface area contributed by atoms with Crippen molar-refractivity contribution in [1.29, 1.82) is 5.41 Å². The average Bonchev–Trinajstić information content (AvgIpc) is 2.74. The predicted octanol–water partition coefficient (Wildman–Crippen LogP) is 4.06. The molecule has 35 heavy (non-hydrogen) atoms. The lowest BCUT2D eigenvalue weighted by Gasteiger charge is -2.20. The minimum Gasteiger partial charge on any atom is -0.444 e. The van der Waals surface area contributed by atoms with Gasteiger partial charge in [-0.15, -0.1) is 0 Å². The van der Waals surface area contributed by atoms with Gasteiger partial charge in [0.05, 0.1) is 0 Å². The third kappa shape index (κ3) is 12.4. The summed E-state index contributed by atoms with van der Waals surface area (Å²) in [6, 6.07) is 0. The number of halogens is 1. The van der Waals surface area contributed by atoms with E-state index in [2.05, 4.69) is 15.3 Å². The second-order valence-corrected chi connectivity index (χ2v) is 9.80. The number of ether oxygens (including phenoxy) is 1. The summed E-state index contributed by atoms with van der Waals surface area (Å²) in [5.41, 5.74) is 16.2. The Hall–Kier alpha value is -2.82. The molecule has 2 amide bonds. The fourth-order valence-corrected chi connectivity index (χ4v) is 3.50. The number of carbonyl (C=O) groups excluding carboxylic acids is 2. The Balaban J connectivity index is 2.14. The van der Waals surface area contributed by atoms with Gasteiger partial charge in [-0.25, -0.2) is 14.8 Å². The number of alkyl carbamates (subject to hydrolysis) is 1. The lowest BCUT2D eigenvalue weighted by Crippen LogP contribution is -2.42. The molecular weight excluding hydrogens is 472 g/mol. The van der Waals surface area contributed by atoms with Gasteiger partial charge in [-0.2, -0.15) is 0 Å². The van der Waals surface area contributed by atoms with Crippen molar-refractivity contribution >= 4 is 41.2 Å². The smallest absolute Gasteiger partial charge is 0.407 e. The Morgan fingerprint density at radius 1 is 0.943 bits per heavy atom. The lowest BCUT2D eigenvalue weighted by molar-refractivity contribution is 0.0526. The Morgan fingerprint density at radius 2 is 1.46 bits per heavy atom. The minimum atomic E-state index is -0.620. The highest BCUT2D eigenvalue weighted by Crippen LogP contribution is 2.19. The molecule has 8 N–H and O–H groups in total. The van der Waals surface area contributed by atoms with Crippen LogP contribution in [0.5, 0.6) is 0 Å². The molecule has 12 heteroatoms. The number of aromatic nitrogens is 2. The highest BCUT2D eigenvalue weighted by atomic mass is 35.5. The summed E-state index contributed by atoms with van der Waals surface area (Å²) in [5, 5.41) is 10.4. The molecule has 0 saturated carbocycles. The third-order valence-corrected chi connectivity index (χ3v) is 5.40. The van der Waals surface area contributed by atoms with Gasteiger partial charge in [0.1, 0.15) is 5.60 Å². The van der Waals surface area contributed by atoms with Crippen LogP contribution >= 0.6 is 11.6 Å². The fourth-order valence-electron chi connectivity index (χ4n) is 3.37.